The van der Waals surface area contributed by atoms with Crippen LogP contribution in [-0.4, -0.2) is 66.1 Å². The lowest BCUT2D eigenvalue weighted by Crippen LogP contribution is -2.51. The Morgan fingerprint density at radius 1 is 1.47 bits per heavy atom. The number of nitrogens with one attached hydrogen (secondary N) is 1. The lowest BCUT2D eigenvalue weighted by molar-refractivity contribution is -0.140. The monoisotopic (exact) mass is 248 g/mol. The van der Waals surface area contributed by atoms with Gasteiger partial charge in [0.05, 0.1) is 18.8 Å². The van der Waals surface area contributed by atoms with E-state index >= 15 is 0 Å². The molecule has 0 aromatic carbocycles. The summed E-state index contributed by atoms with van der Waals surface area (Å²) in [6.45, 7) is 3.09. The van der Waals surface area contributed by atoms with Gasteiger partial charge in [0.2, 0.25) is 0 Å². The molecule has 0 rings (SSSR count). The Labute approximate surface area is 100 Å². The molecule has 0 spiro atoms. The number of ether oxygens (including phenoxy) is 1. The molecule has 0 aromatic heterocycles. The molecule has 2 amide bonds. The van der Waals surface area contributed by atoms with Gasteiger partial charge < -0.3 is 25.2 Å². The van der Waals surface area contributed by atoms with Gasteiger partial charge in [-0.2, -0.15) is 0 Å². The second-order valence-corrected chi connectivity index (χ2v) is 4.46. The van der Waals surface area contributed by atoms with Crippen molar-refractivity contribution >= 4 is 12.0 Å². The molecule has 1 unspecified atom stereocenters. The maximum absolute atomic E-state index is 11.6. The molecule has 0 heterocycles. The number of rotatable bonds is 6. The summed E-state index contributed by atoms with van der Waals surface area (Å²) in [7, 11) is 2.82. The molecule has 0 aliphatic rings. The van der Waals surface area contributed by atoms with Crippen LogP contribution in [0.15, 0.2) is 0 Å². The maximum Gasteiger partial charge on any atom is 0.328 e. The molecule has 3 N–H and O–H groups in total. The third-order valence-electron chi connectivity index (χ3n) is 1.90. The minimum Gasteiger partial charge on any atom is -0.480 e. The van der Waals surface area contributed by atoms with Gasteiger partial charge in [0, 0.05) is 14.2 Å². The third-order valence-corrected chi connectivity index (χ3v) is 1.90. The molecule has 7 nitrogen and oxygen atoms in total. The van der Waals surface area contributed by atoms with Crippen molar-refractivity contribution in [2.45, 2.75) is 25.5 Å². The lowest BCUT2D eigenvalue weighted by Gasteiger charge is -2.26. The number of aliphatic hydroxyl groups is 1. The number of nitrogens with zero attached hydrogens (tertiary/aromatic N) is 1. The maximum atomic E-state index is 11.6. The summed E-state index contributed by atoms with van der Waals surface area (Å²) in [5.41, 5.74) is -1.04. The molecule has 0 radical (unpaired) electrons. The molecule has 0 saturated carbocycles. The first-order valence-corrected chi connectivity index (χ1v) is 5.13. The number of aliphatic carboxylic acids is 1. The highest BCUT2D eigenvalue weighted by atomic mass is 16.5. The van der Waals surface area contributed by atoms with Crippen molar-refractivity contribution in [2.24, 2.45) is 0 Å². The lowest BCUT2D eigenvalue weighted by atomic mass is 10.1. The summed E-state index contributed by atoms with van der Waals surface area (Å²) >= 11 is 0. The molecule has 17 heavy (non-hydrogen) atoms. The van der Waals surface area contributed by atoms with Gasteiger partial charge in [-0.15, -0.1) is 0 Å². The summed E-state index contributed by atoms with van der Waals surface area (Å²) in [5.74, 6) is -1.17. The van der Waals surface area contributed by atoms with Crippen LogP contribution in [0.1, 0.15) is 13.8 Å². The van der Waals surface area contributed by atoms with Crippen molar-refractivity contribution < 1.29 is 24.5 Å². The molecule has 0 aliphatic heterocycles. The van der Waals surface area contributed by atoms with Crippen molar-refractivity contribution in [3.05, 3.63) is 0 Å². The van der Waals surface area contributed by atoms with E-state index in [1.54, 1.807) is 13.8 Å². The van der Waals surface area contributed by atoms with E-state index in [1.807, 2.05) is 0 Å². The molecule has 0 aliphatic carbocycles. The SMILES string of the molecule is COCC(NC(=O)N(C)CC(C)(C)O)C(=O)O. The molecular formula is C10H20N2O5. The highest BCUT2D eigenvalue weighted by molar-refractivity contribution is 5.82. The Balaban J connectivity index is 4.35. The minimum absolute atomic E-state index is 0.0954. The van der Waals surface area contributed by atoms with Crippen LogP contribution in [0.4, 0.5) is 4.79 Å². The van der Waals surface area contributed by atoms with Gasteiger partial charge in [0.1, 0.15) is 0 Å². The second-order valence-electron chi connectivity index (χ2n) is 4.46. The van der Waals surface area contributed by atoms with E-state index in [1.165, 1.54) is 19.1 Å². The predicted octanol–water partition coefficient (Wildman–Crippen LogP) is -0.502. The molecule has 0 aromatic rings. The number of carboxylic acids is 1. The number of carbonyl (C=O) groups is 2. The Morgan fingerprint density at radius 2 is 2.00 bits per heavy atom. The molecule has 0 bridgehead atoms. The minimum atomic E-state index is -1.17. The third kappa shape index (κ3) is 6.75. The molecule has 0 fully saturated rings. The summed E-state index contributed by atoms with van der Waals surface area (Å²) in [5, 5.41) is 20.6. The van der Waals surface area contributed by atoms with Crippen molar-refractivity contribution in [3.8, 4) is 0 Å². The Morgan fingerprint density at radius 3 is 2.35 bits per heavy atom. The average Bonchev–Trinajstić information content (AvgIpc) is 2.13. The van der Waals surface area contributed by atoms with Crippen LogP contribution >= 0.6 is 0 Å². The number of carbonyl (C=O) groups excluding carboxylic acids is 1. The van der Waals surface area contributed by atoms with Gasteiger partial charge >= 0.3 is 12.0 Å². The van der Waals surface area contributed by atoms with Crippen molar-refractivity contribution in [3.63, 3.8) is 0 Å². The standard InChI is InChI=1S/C10H20N2O5/c1-10(2,16)6-12(3)9(15)11-7(5-17-4)8(13)14/h7,16H,5-6H2,1-4H3,(H,11,15)(H,13,14). The van der Waals surface area contributed by atoms with Gasteiger partial charge in [0.25, 0.3) is 0 Å². The second kappa shape index (κ2) is 6.41. The Kier molecular flexibility index (Phi) is 5.90. The topological polar surface area (TPSA) is 99.1 Å². The fraction of sp³-hybridized carbons (Fsp3) is 0.800. The van der Waals surface area contributed by atoms with Gasteiger partial charge in [-0.3, -0.25) is 0 Å². The normalized spacial score (nSPS) is 13.0. The van der Waals surface area contributed by atoms with Crippen LogP contribution in [0.25, 0.3) is 0 Å². The van der Waals surface area contributed by atoms with Gasteiger partial charge in [-0.05, 0) is 13.8 Å². The van der Waals surface area contributed by atoms with E-state index in [2.05, 4.69) is 10.1 Å². The first kappa shape index (κ1) is 15.7. The quantitative estimate of drug-likeness (QED) is 0.588. The number of hydrogen-bond donors (Lipinski definition) is 3. The predicted molar refractivity (Wildman–Crippen MR) is 60.8 cm³/mol. The number of likely N-dealkylation sites (N-methyl/N-ethyl adjacent to an activating group) is 1. The van der Waals surface area contributed by atoms with E-state index in [0.717, 1.165) is 0 Å². The number of methoxy groups -OCH3 is 1. The van der Waals surface area contributed by atoms with Crippen LogP contribution in [0.3, 0.4) is 0 Å². The zero-order valence-electron chi connectivity index (χ0n) is 10.6. The molecule has 7 heteroatoms. The summed E-state index contributed by atoms with van der Waals surface area (Å²) in [6, 6.07) is -1.67. The molecule has 100 valence electrons. The number of amides is 2. The van der Waals surface area contributed by atoms with E-state index in [0.29, 0.717) is 0 Å². The largest absolute Gasteiger partial charge is 0.480 e. The van der Waals surface area contributed by atoms with Crippen LogP contribution in [0.2, 0.25) is 0 Å². The highest BCUT2D eigenvalue weighted by Crippen LogP contribution is 2.03. The highest BCUT2D eigenvalue weighted by Gasteiger charge is 2.24. The zero-order valence-corrected chi connectivity index (χ0v) is 10.6. The number of hydrogen-bond acceptors (Lipinski definition) is 4. The van der Waals surface area contributed by atoms with Crippen LogP contribution in [0.5, 0.6) is 0 Å². The van der Waals surface area contributed by atoms with Gasteiger partial charge in [-0.1, -0.05) is 0 Å². The molecule has 0 saturated heterocycles. The van der Waals surface area contributed by atoms with Gasteiger partial charge in [-0.25, -0.2) is 9.59 Å². The number of carboxylic acid groups (broad SMARTS) is 1. The fourth-order valence-electron chi connectivity index (χ4n) is 1.25. The van der Waals surface area contributed by atoms with Crippen LogP contribution in [0, 0.1) is 0 Å². The Hall–Kier alpha value is -1.34. The summed E-state index contributed by atoms with van der Waals surface area (Å²) in [6.07, 6.45) is 0. The van der Waals surface area contributed by atoms with Crippen LogP contribution in [-0.2, 0) is 9.53 Å². The van der Waals surface area contributed by atoms with E-state index in [9.17, 15) is 14.7 Å². The first-order valence-electron chi connectivity index (χ1n) is 5.13. The van der Waals surface area contributed by atoms with Gasteiger partial charge in [0.15, 0.2) is 6.04 Å². The van der Waals surface area contributed by atoms with E-state index in [-0.39, 0.29) is 13.2 Å². The average molecular weight is 248 g/mol. The fourth-order valence-corrected chi connectivity index (χ4v) is 1.25. The number of urea groups is 1. The smallest absolute Gasteiger partial charge is 0.328 e. The van der Waals surface area contributed by atoms with Crippen molar-refractivity contribution in [1.82, 2.24) is 10.2 Å². The van der Waals surface area contributed by atoms with E-state index < -0.39 is 23.6 Å². The van der Waals surface area contributed by atoms with E-state index in [4.69, 9.17) is 5.11 Å². The van der Waals surface area contributed by atoms with Crippen molar-refractivity contribution in [1.29, 1.82) is 0 Å². The first-order chi connectivity index (χ1) is 7.67. The molecule has 1 atom stereocenters. The Bertz CT molecular complexity index is 274. The zero-order chi connectivity index (χ0) is 13.6. The van der Waals surface area contributed by atoms with Crippen LogP contribution < -0.4 is 5.32 Å². The summed E-state index contributed by atoms with van der Waals surface area (Å²) in [4.78, 5) is 23.6. The van der Waals surface area contributed by atoms with Crippen molar-refractivity contribution in [2.75, 3.05) is 27.3 Å². The molecular weight excluding hydrogens is 228 g/mol. The summed E-state index contributed by atoms with van der Waals surface area (Å²) < 4.78 is 4.68.